The van der Waals surface area contributed by atoms with Crippen LogP contribution in [0.2, 0.25) is 0 Å². The first-order valence-corrected chi connectivity index (χ1v) is 8.88. The molecule has 0 aliphatic heterocycles. The van der Waals surface area contributed by atoms with Crippen molar-refractivity contribution in [2.75, 3.05) is 5.43 Å². The molecule has 7 nitrogen and oxygen atoms in total. The van der Waals surface area contributed by atoms with Gasteiger partial charge < -0.3 is 5.11 Å². The van der Waals surface area contributed by atoms with Gasteiger partial charge in [-0.2, -0.15) is 10.2 Å². The molecule has 29 heavy (non-hydrogen) atoms. The number of aromatic nitrogens is 3. The molecule has 0 radical (unpaired) electrons. The van der Waals surface area contributed by atoms with Crippen LogP contribution in [-0.4, -0.2) is 32.1 Å². The van der Waals surface area contributed by atoms with Gasteiger partial charge in [-0.25, -0.2) is 9.48 Å². The molecule has 4 aromatic rings. The first kappa shape index (κ1) is 18.1. The molecule has 142 valence electrons. The van der Waals surface area contributed by atoms with Crippen LogP contribution < -0.4 is 5.43 Å². The van der Waals surface area contributed by atoms with Crippen molar-refractivity contribution in [3.05, 3.63) is 96.4 Å². The maximum Gasteiger partial charge on any atom is 0.335 e. The van der Waals surface area contributed by atoms with Crippen LogP contribution >= 0.6 is 0 Å². The quantitative estimate of drug-likeness (QED) is 0.387. The number of benzene rings is 2. The maximum absolute atomic E-state index is 10.9. The van der Waals surface area contributed by atoms with E-state index in [4.69, 9.17) is 10.2 Å². The van der Waals surface area contributed by atoms with Crippen molar-refractivity contribution in [1.82, 2.24) is 14.8 Å². The van der Waals surface area contributed by atoms with Crippen LogP contribution in [0.15, 0.2) is 90.4 Å². The predicted molar refractivity (Wildman–Crippen MR) is 111 cm³/mol. The Morgan fingerprint density at radius 3 is 2.52 bits per heavy atom. The summed E-state index contributed by atoms with van der Waals surface area (Å²) in [5.41, 5.74) is 7.22. The molecule has 0 aliphatic rings. The molecule has 0 bridgehead atoms. The summed E-state index contributed by atoms with van der Waals surface area (Å²) in [7, 11) is 0. The van der Waals surface area contributed by atoms with E-state index in [0.717, 1.165) is 22.5 Å². The number of hydrazone groups is 1. The number of carboxylic acid groups (broad SMARTS) is 1. The second-order valence-electron chi connectivity index (χ2n) is 6.21. The molecular weight excluding hydrogens is 366 g/mol. The van der Waals surface area contributed by atoms with Gasteiger partial charge in [0.1, 0.15) is 5.69 Å². The van der Waals surface area contributed by atoms with E-state index in [2.05, 4.69) is 15.5 Å². The Bertz CT molecular complexity index is 1140. The zero-order valence-electron chi connectivity index (χ0n) is 15.3. The van der Waals surface area contributed by atoms with Crippen molar-refractivity contribution in [3.8, 4) is 16.9 Å². The van der Waals surface area contributed by atoms with Gasteiger partial charge in [0.2, 0.25) is 0 Å². The topological polar surface area (TPSA) is 92.4 Å². The fourth-order valence-electron chi connectivity index (χ4n) is 2.79. The Hall–Kier alpha value is -4.26. The molecule has 0 atom stereocenters. The van der Waals surface area contributed by atoms with Gasteiger partial charge in [-0.15, -0.1) is 0 Å². The number of pyridine rings is 1. The van der Waals surface area contributed by atoms with E-state index in [1.165, 1.54) is 12.1 Å². The summed E-state index contributed by atoms with van der Waals surface area (Å²) < 4.78 is 1.80. The molecule has 0 saturated carbocycles. The maximum atomic E-state index is 10.9. The van der Waals surface area contributed by atoms with Crippen LogP contribution in [-0.2, 0) is 0 Å². The highest BCUT2D eigenvalue weighted by atomic mass is 16.4. The summed E-state index contributed by atoms with van der Waals surface area (Å²) in [4.78, 5) is 15.1. The van der Waals surface area contributed by atoms with Gasteiger partial charge in [0, 0.05) is 29.7 Å². The molecule has 0 fully saturated rings. The van der Waals surface area contributed by atoms with Crippen molar-refractivity contribution in [1.29, 1.82) is 0 Å². The molecule has 2 aromatic heterocycles. The highest BCUT2D eigenvalue weighted by molar-refractivity contribution is 5.89. The number of carboxylic acids is 1. The molecule has 2 N–H and O–H groups in total. The number of para-hydroxylation sites is 1. The van der Waals surface area contributed by atoms with Gasteiger partial charge in [-0.3, -0.25) is 10.4 Å². The Morgan fingerprint density at radius 1 is 1.03 bits per heavy atom. The average molecular weight is 383 g/mol. The standard InChI is InChI=1S/C22H17N5O2/c28-22(29)16-8-10-19(11-9-16)25-24-14-18-15-27(20-6-2-1-3-7-20)26-21(18)17-5-4-12-23-13-17/h1-15,25H,(H,28,29)/b24-14+. The number of nitrogens with zero attached hydrogens (tertiary/aromatic N) is 4. The molecule has 2 aromatic carbocycles. The third kappa shape index (κ3) is 4.19. The number of hydrogen-bond acceptors (Lipinski definition) is 5. The number of aromatic carboxylic acids is 1. The van der Waals surface area contributed by atoms with Gasteiger partial charge in [0.05, 0.1) is 23.2 Å². The Morgan fingerprint density at radius 2 is 1.83 bits per heavy atom. The lowest BCUT2D eigenvalue weighted by atomic mass is 10.1. The molecule has 4 rings (SSSR count). The molecule has 2 heterocycles. The van der Waals surface area contributed by atoms with E-state index in [1.807, 2.05) is 48.7 Å². The zero-order valence-corrected chi connectivity index (χ0v) is 15.3. The van der Waals surface area contributed by atoms with Gasteiger partial charge >= 0.3 is 5.97 Å². The molecule has 7 heteroatoms. The molecular formula is C22H17N5O2. The van der Waals surface area contributed by atoms with E-state index in [-0.39, 0.29) is 5.56 Å². The predicted octanol–water partition coefficient (Wildman–Crippen LogP) is 4.08. The summed E-state index contributed by atoms with van der Waals surface area (Å²) in [6, 6.07) is 20.0. The Kier molecular flexibility index (Phi) is 5.11. The van der Waals surface area contributed by atoms with E-state index in [9.17, 15) is 4.79 Å². The number of carbonyl (C=O) groups is 1. The van der Waals surface area contributed by atoms with E-state index >= 15 is 0 Å². The molecule has 0 amide bonds. The number of hydrogen-bond donors (Lipinski definition) is 2. The first-order valence-electron chi connectivity index (χ1n) is 8.88. The van der Waals surface area contributed by atoms with Gasteiger partial charge in [-0.1, -0.05) is 18.2 Å². The Labute approximate surface area is 167 Å². The van der Waals surface area contributed by atoms with Gasteiger partial charge in [0.25, 0.3) is 0 Å². The monoisotopic (exact) mass is 383 g/mol. The van der Waals surface area contributed by atoms with E-state index in [1.54, 1.807) is 35.4 Å². The van der Waals surface area contributed by atoms with Crippen LogP contribution in [0.4, 0.5) is 5.69 Å². The highest BCUT2D eigenvalue weighted by Gasteiger charge is 2.11. The van der Waals surface area contributed by atoms with Crippen molar-refractivity contribution >= 4 is 17.9 Å². The third-order valence-electron chi connectivity index (χ3n) is 4.23. The lowest BCUT2D eigenvalue weighted by Gasteiger charge is -2.01. The minimum atomic E-state index is -0.963. The summed E-state index contributed by atoms with van der Waals surface area (Å²) in [6.45, 7) is 0. The minimum Gasteiger partial charge on any atom is -0.478 e. The van der Waals surface area contributed by atoms with Crippen LogP contribution in [0.5, 0.6) is 0 Å². The highest BCUT2D eigenvalue weighted by Crippen LogP contribution is 2.22. The zero-order chi connectivity index (χ0) is 20.1. The van der Waals surface area contributed by atoms with Crippen molar-refractivity contribution in [3.63, 3.8) is 0 Å². The smallest absolute Gasteiger partial charge is 0.335 e. The van der Waals surface area contributed by atoms with Crippen molar-refractivity contribution in [2.24, 2.45) is 5.10 Å². The Balaban J connectivity index is 1.62. The number of nitrogens with one attached hydrogen (secondary N) is 1. The van der Waals surface area contributed by atoms with Gasteiger partial charge in [0.15, 0.2) is 0 Å². The van der Waals surface area contributed by atoms with Crippen molar-refractivity contribution in [2.45, 2.75) is 0 Å². The first-order chi connectivity index (χ1) is 14.2. The normalized spacial score (nSPS) is 10.9. The largest absolute Gasteiger partial charge is 0.478 e. The van der Waals surface area contributed by atoms with E-state index in [0.29, 0.717) is 5.69 Å². The van der Waals surface area contributed by atoms with E-state index < -0.39 is 5.97 Å². The lowest BCUT2D eigenvalue weighted by Crippen LogP contribution is -1.96. The summed E-state index contributed by atoms with van der Waals surface area (Å²) in [5.74, 6) is -0.963. The summed E-state index contributed by atoms with van der Waals surface area (Å²) >= 11 is 0. The number of rotatable bonds is 6. The van der Waals surface area contributed by atoms with Crippen LogP contribution in [0.1, 0.15) is 15.9 Å². The second kappa shape index (κ2) is 8.18. The van der Waals surface area contributed by atoms with Crippen LogP contribution in [0.25, 0.3) is 16.9 Å². The minimum absolute atomic E-state index is 0.225. The fraction of sp³-hybridized carbons (Fsp3) is 0. The number of anilines is 1. The lowest BCUT2D eigenvalue weighted by molar-refractivity contribution is 0.0697. The molecule has 0 saturated heterocycles. The van der Waals surface area contributed by atoms with Crippen LogP contribution in [0.3, 0.4) is 0 Å². The summed E-state index contributed by atoms with van der Waals surface area (Å²) in [6.07, 6.45) is 7.05. The third-order valence-corrected chi connectivity index (χ3v) is 4.23. The summed E-state index contributed by atoms with van der Waals surface area (Å²) in [5, 5.41) is 18.0. The fourth-order valence-corrected chi connectivity index (χ4v) is 2.79. The van der Waals surface area contributed by atoms with Crippen LogP contribution in [0, 0.1) is 0 Å². The second-order valence-corrected chi connectivity index (χ2v) is 6.21. The van der Waals surface area contributed by atoms with Gasteiger partial charge in [-0.05, 0) is 48.5 Å². The molecule has 0 aliphatic carbocycles. The van der Waals surface area contributed by atoms with Crippen molar-refractivity contribution < 1.29 is 9.90 Å². The average Bonchev–Trinajstić information content (AvgIpc) is 3.19. The SMILES string of the molecule is O=C(O)c1ccc(N/N=C/c2cn(-c3ccccc3)nc2-c2cccnc2)cc1. The molecule has 0 unspecified atom stereocenters. The molecule has 0 spiro atoms.